The third-order valence-electron chi connectivity index (χ3n) is 6.11. The van der Waals surface area contributed by atoms with Gasteiger partial charge >= 0.3 is 6.03 Å². The Morgan fingerprint density at radius 1 is 1.09 bits per heavy atom. The van der Waals surface area contributed by atoms with Gasteiger partial charge in [0.05, 0.1) is 11.4 Å². The van der Waals surface area contributed by atoms with Crippen LogP contribution in [0.5, 0.6) is 0 Å². The lowest BCUT2D eigenvalue weighted by Crippen LogP contribution is -2.40. The maximum Gasteiger partial charge on any atom is 0.327 e. The highest BCUT2D eigenvalue weighted by Crippen LogP contribution is 2.46. The molecule has 0 saturated heterocycles. The van der Waals surface area contributed by atoms with Crippen molar-refractivity contribution in [3.05, 3.63) is 87.8 Å². The second-order valence-electron chi connectivity index (χ2n) is 8.04. The van der Waals surface area contributed by atoms with Crippen LogP contribution < -0.4 is 15.5 Å². The minimum atomic E-state index is -0.470. The molecule has 32 heavy (non-hydrogen) atoms. The Balaban J connectivity index is 1.67. The van der Waals surface area contributed by atoms with Gasteiger partial charge in [-0.05, 0) is 54.5 Å². The number of hydrogen-bond donors (Lipinski definition) is 2. The molecule has 162 valence electrons. The molecule has 3 aromatic rings. The van der Waals surface area contributed by atoms with Gasteiger partial charge in [-0.1, -0.05) is 43.3 Å². The van der Waals surface area contributed by atoms with E-state index in [1.807, 2.05) is 66.0 Å². The van der Waals surface area contributed by atoms with E-state index in [2.05, 4.69) is 17.6 Å². The fraction of sp³-hybridized carbons (Fsp3) is 0.231. The average molecular weight is 444 g/mol. The van der Waals surface area contributed by atoms with E-state index in [1.165, 1.54) is 0 Å². The Labute approximate surface area is 191 Å². The number of nitrogens with zero attached hydrogens (tertiary/aromatic N) is 1. The van der Waals surface area contributed by atoms with Gasteiger partial charge in [-0.3, -0.25) is 9.69 Å². The van der Waals surface area contributed by atoms with Crippen molar-refractivity contribution in [3.63, 3.8) is 0 Å². The highest BCUT2D eigenvalue weighted by atomic mass is 32.1. The molecule has 5 rings (SSSR count). The first-order chi connectivity index (χ1) is 15.7. The van der Waals surface area contributed by atoms with Crippen molar-refractivity contribution in [2.75, 3.05) is 15.5 Å². The molecular formula is C26H25N3O2S. The number of urea groups is 1. The van der Waals surface area contributed by atoms with E-state index >= 15 is 0 Å². The van der Waals surface area contributed by atoms with Gasteiger partial charge in [0.25, 0.3) is 0 Å². The zero-order chi connectivity index (χ0) is 22.1. The highest BCUT2D eigenvalue weighted by molar-refractivity contribution is 7.10. The van der Waals surface area contributed by atoms with Crippen molar-refractivity contribution in [2.45, 2.75) is 38.6 Å². The number of carbonyl (C=O) groups excluding carboxylic acids is 2. The van der Waals surface area contributed by atoms with Gasteiger partial charge in [0.2, 0.25) is 0 Å². The number of thiophene rings is 1. The van der Waals surface area contributed by atoms with E-state index in [0.717, 1.165) is 52.5 Å². The average Bonchev–Trinajstić information content (AvgIpc) is 3.29. The van der Waals surface area contributed by atoms with Gasteiger partial charge in [-0.25, -0.2) is 4.79 Å². The summed E-state index contributed by atoms with van der Waals surface area (Å²) in [5.74, 6) is 0.108. The van der Waals surface area contributed by atoms with Gasteiger partial charge in [0.15, 0.2) is 5.78 Å². The number of carbonyl (C=O) groups is 2. The van der Waals surface area contributed by atoms with Crippen molar-refractivity contribution < 1.29 is 9.59 Å². The van der Waals surface area contributed by atoms with Crippen molar-refractivity contribution >= 4 is 40.2 Å². The number of para-hydroxylation sites is 3. The number of ketones is 1. The number of nitrogens with one attached hydrogen (secondary N) is 2. The predicted octanol–water partition coefficient (Wildman–Crippen LogP) is 6.52. The summed E-state index contributed by atoms with van der Waals surface area (Å²) in [4.78, 5) is 29.8. The summed E-state index contributed by atoms with van der Waals surface area (Å²) in [6, 6.07) is 18.9. The molecule has 1 aliphatic carbocycles. The smallest absolute Gasteiger partial charge is 0.327 e. The quantitative estimate of drug-likeness (QED) is 0.484. The summed E-state index contributed by atoms with van der Waals surface area (Å²) < 4.78 is 0. The number of allylic oxidation sites excluding steroid dienone is 1. The molecule has 0 spiro atoms. The molecule has 1 atom stereocenters. The van der Waals surface area contributed by atoms with Gasteiger partial charge in [0, 0.05) is 28.3 Å². The third-order valence-corrected chi connectivity index (χ3v) is 7.03. The SMILES string of the molecule is CCc1ccccc1NC(=O)N1c2ccccc2NC2=C(C(=O)CCC2)C1c1cccs1. The molecule has 0 bridgehead atoms. The van der Waals surface area contributed by atoms with Crippen LogP contribution in [0.2, 0.25) is 0 Å². The molecule has 0 radical (unpaired) electrons. The Bertz CT molecular complexity index is 1200. The van der Waals surface area contributed by atoms with E-state index in [0.29, 0.717) is 12.0 Å². The van der Waals surface area contributed by atoms with Crippen molar-refractivity contribution in [3.8, 4) is 0 Å². The zero-order valence-electron chi connectivity index (χ0n) is 17.9. The number of fused-ring (bicyclic) bond motifs is 1. The number of rotatable bonds is 3. The highest BCUT2D eigenvalue weighted by Gasteiger charge is 2.40. The van der Waals surface area contributed by atoms with E-state index in [-0.39, 0.29) is 11.8 Å². The fourth-order valence-corrected chi connectivity index (χ4v) is 5.42. The first-order valence-electron chi connectivity index (χ1n) is 11.0. The number of aryl methyl sites for hydroxylation is 1. The number of benzene rings is 2. The minimum absolute atomic E-state index is 0.108. The van der Waals surface area contributed by atoms with Gasteiger partial charge < -0.3 is 10.6 Å². The van der Waals surface area contributed by atoms with E-state index in [9.17, 15) is 9.59 Å². The Morgan fingerprint density at radius 3 is 2.72 bits per heavy atom. The van der Waals surface area contributed by atoms with Crippen LogP contribution in [0.15, 0.2) is 77.3 Å². The Kier molecular flexibility index (Phi) is 5.53. The van der Waals surface area contributed by atoms with E-state index in [1.54, 1.807) is 16.2 Å². The Morgan fingerprint density at radius 2 is 1.91 bits per heavy atom. The second kappa shape index (κ2) is 8.63. The van der Waals surface area contributed by atoms with Crippen molar-refractivity contribution in [1.82, 2.24) is 0 Å². The van der Waals surface area contributed by atoms with Gasteiger partial charge in [-0.2, -0.15) is 0 Å². The third kappa shape index (κ3) is 3.60. The van der Waals surface area contributed by atoms with Crippen LogP contribution in [0.4, 0.5) is 21.9 Å². The summed E-state index contributed by atoms with van der Waals surface area (Å²) >= 11 is 1.57. The first-order valence-corrected chi connectivity index (χ1v) is 11.9. The number of hydrogen-bond acceptors (Lipinski definition) is 4. The molecule has 2 aliphatic rings. The second-order valence-corrected chi connectivity index (χ2v) is 9.02. The van der Waals surface area contributed by atoms with Crippen LogP contribution in [0.3, 0.4) is 0 Å². The fourth-order valence-electron chi connectivity index (χ4n) is 4.60. The molecule has 6 heteroatoms. The van der Waals surface area contributed by atoms with Crippen molar-refractivity contribution in [2.24, 2.45) is 0 Å². The number of amides is 2. The first kappa shape index (κ1) is 20.5. The number of Topliss-reactive ketones (excluding diaryl/α,β-unsaturated/α-hetero) is 1. The lowest BCUT2D eigenvalue weighted by Gasteiger charge is -2.33. The monoisotopic (exact) mass is 443 g/mol. The van der Waals surface area contributed by atoms with Crippen LogP contribution in [0.1, 0.15) is 42.7 Å². The summed E-state index contributed by atoms with van der Waals surface area (Å²) in [6.45, 7) is 2.07. The molecular weight excluding hydrogens is 418 g/mol. The molecule has 0 saturated carbocycles. The maximum atomic E-state index is 13.9. The van der Waals surface area contributed by atoms with E-state index in [4.69, 9.17) is 0 Å². The molecule has 0 fully saturated rings. The molecule has 1 aliphatic heterocycles. The molecule has 2 aromatic carbocycles. The maximum absolute atomic E-state index is 13.9. The molecule has 1 unspecified atom stereocenters. The molecule has 1 aromatic heterocycles. The minimum Gasteiger partial charge on any atom is -0.357 e. The molecule has 2 amide bonds. The molecule has 5 nitrogen and oxygen atoms in total. The summed E-state index contributed by atoms with van der Waals surface area (Å²) in [5, 5.41) is 8.62. The normalized spacial score (nSPS) is 17.8. The summed E-state index contributed by atoms with van der Waals surface area (Å²) in [5.41, 5.74) is 5.10. The Hall–Kier alpha value is -3.38. The van der Waals surface area contributed by atoms with Crippen LogP contribution in [0, 0.1) is 0 Å². The summed E-state index contributed by atoms with van der Waals surface area (Å²) in [6.07, 6.45) is 2.94. The largest absolute Gasteiger partial charge is 0.357 e. The number of anilines is 3. The van der Waals surface area contributed by atoms with Gasteiger partial charge in [-0.15, -0.1) is 11.3 Å². The van der Waals surface area contributed by atoms with Gasteiger partial charge in [0.1, 0.15) is 6.04 Å². The van der Waals surface area contributed by atoms with E-state index < -0.39 is 6.04 Å². The summed E-state index contributed by atoms with van der Waals surface area (Å²) in [7, 11) is 0. The molecule has 2 N–H and O–H groups in total. The van der Waals surface area contributed by atoms with Crippen molar-refractivity contribution in [1.29, 1.82) is 0 Å². The van der Waals surface area contributed by atoms with Crippen LogP contribution in [-0.4, -0.2) is 11.8 Å². The van der Waals surface area contributed by atoms with Crippen LogP contribution in [0.25, 0.3) is 0 Å². The zero-order valence-corrected chi connectivity index (χ0v) is 18.7. The predicted molar refractivity (Wildman–Crippen MR) is 130 cm³/mol. The lowest BCUT2D eigenvalue weighted by atomic mass is 9.88. The topological polar surface area (TPSA) is 61.4 Å². The van der Waals surface area contributed by atoms with Crippen LogP contribution >= 0.6 is 11.3 Å². The molecule has 2 heterocycles. The lowest BCUT2D eigenvalue weighted by molar-refractivity contribution is -0.116. The standard InChI is InChI=1S/C26H25N3O2S/c1-2-17-9-3-4-10-18(17)28-26(31)29-21-13-6-5-11-19(21)27-20-12-7-14-22(30)24(20)25(29)23-15-8-16-32-23/h3-6,8-11,13,15-16,25,27H,2,7,12,14H2,1H3,(H,28,31). The van der Waals surface area contributed by atoms with Crippen LogP contribution in [-0.2, 0) is 11.2 Å².